The molecule has 3 N–H and O–H groups in total. The first-order valence-corrected chi connectivity index (χ1v) is 7.87. The molecule has 0 aromatic carbocycles. The Morgan fingerprint density at radius 1 is 1.47 bits per heavy atom. The summed E-state index contributed by atoms with van der Waals surface area (Å²) in [6.07, 6.45) is 3.44. The molecule has 0 radical (unpaired) electrons. The van der Waals surface area contributed by atoms with Gasteiger partial charge in [0.25, 0.3) is 10.0 Å². The van der Waals surface area contributed by atoms with Crippen LogP contribution in [0.2, 0.25) is 0 Å². The largest absolute Gasteiger partial charge is 0.374 e. The summed E-state index contributed by atoms with van der Waals surface area (Å²) in [6, 6.07) is 0. The van der Waals surface area contributed by atoms with Crippen LogP contribution in [0.4, 0.5) is 5.13 Å². The number of nitrogen functional groups attached to an aromatic ring is 1. The first kappa shape index (κ1) is 12.7. The highest BCUT2D eigenvalue weighted by Crippen LogP contribution is 2.30. The second kappa shape index (κ2) is 4.87. The molecule has 1 aliphatic rings. The molecular formula is C9H16N4O2S2. The molecule has 1 aliphatic carbocycles. The fraction of sp³-hybridized carbons (Fsp3) is 0.778. The molecule has 17 heavy (non-hydrogen) atoms. The fourth-order valence-electron chi connectivity index (χ4n) is 2.13. The summed E-state index contributed by atoms with van der Waals surface area (Å²) < 4.78 is 26.2. The lowest BCUT2D eigenvalue weighted by Gasteiger charge is -2.14. The maximum atomic E-state index is 11.9. The van der Waals surface area contributed by atoms with Gasteiger partial charge in [-0.2, -0.15) is 0 Å². The summed E-state index contributed by atoms with van der Waals surface area (Å²) in [5.74, 6) is 1.01. The molecule has 0 saturated heterocycles. The summed E-state index contributed by atoms with van der Waals surface area (Å²) in [7, 11) is -3.54. The number of aromatic nitrogens is 2. The van der Waals surface area contributed by atoms with Gasteiger partial charge in [-0.15, -0.1) is 10.2 Å². The Balaban J connectivity index is 1.98. The number of sulfonamides is 1. The minimum absolute atomic E-state index is 0.0550. The van der Waals surface area contributed by atoms with Gasteiger partial charge in [0.15, 0.2) is 0 Å². The molecular weight excluding hydrogens is 260 g/mol. The van der Waals surface area contributed by atoms with Gasteiger partial charge in [-0.25, -0.2) is 13.1 Å². The Labute approximate surface area is 105 Å². The summed E-state index contributed by atoms with van der Waals surface area (Å²) in [5.41, 5.74) is 5.37. The third-order valence-electron chi connectivity index (χ3n) is 3.23. The van der Waals surface area contributed by atoms with Crippen molar-refractivity contribution in [3.05, 3.63) is 0 Å². The zero-order chi connectivity index (χ0) is 12.5. The second-order valence-corrected chi connectivity index (χ2v) is 7.38. The number of anilines is 1. The molecule has 0 bridgehead atoms. The van der Waals surface area contributed by atoms with Gasteiger partial charge in [0.05, 0.1) is 0 Å². The molecule has 2 rings (SSSR count). The Hall–Kier alpha value is -0.730. The highest BCUT2D eigenvalue weighted by molar-refractivity contribution is 7.91. The van der Waals surface area contributed by atoms with Gasteiger partial charge in [-0.05, 0) is 18.3 Å². The number of rotatable bonds is 4. The van der Waals surface area contributed by atoms with Gasteiger partial charge in [-0.3, -0.25) is 0 Å². The number of hydrogen-bond donors (Lipinski definition) is 2. The fourth-order valence-corrected chi connectivity index (χ4v) is 4.05. The molecule has 6 nitrogen and oxygen atoms in total. The molecule has 0 spiro atoms. The maximum Gasteiger partial charge on any atom is 0.269 e. The van der Waals surface area contributed by atoms with Crippen LogP contribution in [0.15, 0.2) is 4.34 Å². The van der Waals surface area contributed by atoms with Crippen LogP contribution in [0.3, 0.4) is 0 Å². The quantitative estimate of drug-likeness (QED) is 0.849. The molecule has 2 unspecified atom stereocenters. The van der Waals surface area contributed by atoms with Crippen molar-refractivity contribution in [1.82, 2.24) is 14.9 Å². The number of hydrogen-bond acceptors (Lipinski definition) is 6. The van der Waals surface area contributed by atoms with Gasteiger partial charge >= 0.3 is 0 Å². The van der Waals surface area contributed by atoms with Crippen LogP contribution in [0.1, 0.15) is 26.2 Å². The smallest absolute Gasteiger partial charge is 0.269 e. The van der Waals surface area contributed by atoms with E-state index >= 15 is 0 Å². The highest BCUT2D eigenvalue weighted by atomic mass is 32.2. The number of nitrogens with one attached hydrogen (secondary N) is 1. The van der Waals surface area contributed by atoms with Crippen molar-refractivity contribution >= 4 is 26.5 Å². The van der Waals surface area contributed by atoms with E-state index in [1.54, 1.807) is 0 Å². The lowest BCUT2D eigenvalue weighted by atomic mass is 9.99. The predicted molar refractivity (Wildman–Crippen MR) is 66.0 cm³/mol. The topological polar surface area (TPSA) is 98.0 Å². The lowest BCUT2D eigenvalue weighted by molar-refractivity contribution is 0.414. The van der Waals surface area contributed by atoms with Crippen LogP contribution in [-0.4, -0.2) is 25.2 Å². The Bertz CT molecular complexity index is 485. The van der Waals surface area contributed by atoms with Crippen molar-refractivity contribution < 1.29 is 8.42 Å². The average molecular weight is 276 g/mol. The summed E-state index contributed by atoms with van der Waals surface area (Å²) in [6.45, 7) is 2.64. The zero-order valence-electron chi connectivity index (χ0n) is 9.59. The minimum atomic E-state index is -3.54. The molecule has 1 aromatic rings. The summed E-state index contributed by atoms with van der Waals surface area (Å²) in [4.78, 5) is 0. The lowest BCUT2D eigenvalue weighted by Crippen LogP contribution is -2.30. The monoisotopic (exact) mass is 276 g/mol. The van der Waals surface area contributed by atoms with Crippen molar-refractivity contribution in [3.63, 3.8) is 0 Å². The predicted octanol–water partition coefficient (Wildman–Crippen LogP) is 0.835. The normalized spacial score (nSPS) is 25.2. The zero-order valence-corrected chi connectivity index (χ0v) is 11.2. The van der Waals surface area contributed by atoms with Crippen molar-refractivity contribution in [2.24, 2.45) is 11.8 Å². The van der Waals surface area contributed by atoms with Crippen LogP contribution >= 0.6 is 11.3 Å². The van der Waals surface area contributed by atoms with E-state index in [0.29, 0.717) is 18.4 Å². The van der Waals surface area contributed by atoms with Crippen LogP contribution in [0.25, 0.3) is 0 Å². The summed E-state index contributed by atoms with van der Waals surface area (Å²) in [5, 5.41) is 7.22. The van der Waals surface area contributed by atoms with Crippen LogP contribution in [0, 0.1) is 11.8 Å². The Morgan fingerprint density at radius 2 is 2.24 bits per heavy atom. The van der Waals surface area contributed by atoms with E-state index in [1.165, 1.54) is 12.8 Å². The van der Waals surface area contributed by atoms with Crippen LogP contribution in [0.5, 0.6) is 0 Å². The first-order chi connectivity index (χ1) is 7.99. The molecule has 1 aromatic heterocycles. The van der Waals surface area contributed by atoms with Gasteiger partial charge in [0.1, 0.15) is 0 Å². The van der Waals surface area contributed by atoms with E-state index in [9.17, 15) is 8.42 Å². The molecule has 1 heterocycles. The van der Waals surface area contributed by atoms with Gasteiger partial charge < -0.3 is 5.73 Å². The first-order valence-electron chi connectivity index (χ1n) is 5.57. The van der Waals surface area contributed by atoms with Crippen LogP contribution in [-0.2, 0) is 10.0 Å². The standard InChI is InChI=1S/C9H16N4O2S2/c1-6-3-2-4-7(6)5-11-17(14,15)9-13-12-8(10)16-9/h6-7,11H,2-5H2,1H3,(H2,10,12). The van der Waals surface area contributed by atoms with E-state index in [-0.39, 0.29) is 9.47 Å². The highest BCUT2D eigenvalue weighted by Gasteiger charge is 2.26. The second-order valence-electron chi connectivity index (χ2n) is 4.43. The van der Waals surface area contributed by atoms with Gasteiger partial charge in [-0.1, -0.05) is 31.1 Å². The van der Waals surface area contributed by atoms with E-state index in [1.807, 2.05) is 0 Å². The molecule has 1 fully saturated rings. The van der Waals surface area contributed by atoms with E-state index in [2.05, 4.69) is 21.8 Å². The van der Waals surface area contributed by atoms with Crippen LogP contribution < -0.4 is 10.5 Å². The third kappa shape index (κ3) is 2.93. The number of nitrogens with zero attached hydrogens (tertiary/aromatic N) is 2. The molecule has 8 heteroatoms. The molecule has 1 saturated carbocycles. The van der Waals surface area contributed by atoms with Gasteiger partial charge in [0, 0.05) is 6.54 Å². The molecule has 0 aliphatic heterocycles. The van der Waals surface area contributed by atoms with E-state index in [0.717, 1.165) is 17.8 Å². The number of nitrogens with two attached hydrogens (primary N) is 1. The van der Waals surface area contributed by atoms with Crippen molar-refractivity contribution in [2.75, 3.05) is 12.3 Å². The van der Waals surface area contributed by atoms with E-state index in [4.69, 9.17) is 5.73 Å². The molecule has 2 atom stereocenters. The average Bonchev–Trinajstić information content (AvgIpc) is 2.85. The van der Waals surface area contributed by atoms with Crippen molar-refractivity contribution in [2.45, 2.75) is 30.5 Å². The Morgan fingerprint density at radius 3 is 2.76 bits per heavy atom. The minimum Gasteiger partial charge on any atom is -0.374 e. The van der Waals surface area contributed by atoms with Gasteiger partial charge in [0.2, 0.25) is 9.47 Å². The summed E-state index contributed by atoms with van der Waals surface area (Å²) >= 11 is 0.883. The SMILES string of the molecule is CC1CCCC1CNS(=O)(=O)c1nnc(N)s1. The molecule has 0 amide bonds. The van der Waals surface area contributed by atoms with Crippen molar-refractivity contribution in [1.29, 1.82) is 0 Å². The van der Waals surface area contributed by atoms with E-state index < -0.39 is 10.0 Å². The van der Waals surface area contributed by atoms with Crippen molar-refractivity contribution in [3.8, 4) is 0 Å². The molecule has 96 valence electrons. The Kier molecular flexibility index (Phi) is 3.64. The maximum absolute atomic E-state index is 11.9. The third-order valence-corrected chi connectivity index (χ3v) is 5.77.